The van der Waals surface area contributed by atoms with Gasteiger partial charge in [0.25, 0.3) is 11.8 Å². The molecule has 130 valence electrons. The first-order valence-corrected chi connectivity index (χ1v) is 8.23. The number of halogens is 2. The van der Waals surface area contributed by atoms with Gasteiger partial charge in [0, 0.05) is 30.0 Å². The normalized spacial score (nSPS) is 10.2. The standard InChI is InChI=1S/C18H12Cl2N4O2/c19-14-7-9-22-16(20)15(14)18(26)24-13-5-3-12(4-6-13)23-17(25)11-2-1-8-21-10-11/h1-10H,(H,23,25)(H,24,26). The number of anilines is 2. The van der Waals surface area contributed by atoms with E-state index in [1.807, 2.05) is 0 Å². The topological polar surface area (TPSA) is 84.0 Å². The molecular weight excluding hydrogens is 375 g/mol. The molecule has 0 radical (unpaired) electrons. The van der Waals surface area contributed by atoms with Gasteiger partial charge < -0.3 is 10.6 Å². The second-order valence-corrected chi connectivity index (χ2v) is 5.95. The smallest absolute Gasteiger partial charge is 0.260 e. The minimum Gasteiger partial charge on any atom is -0.322 e. The van der Waals surface area contributed by atoms with Crippen molar-refractivity contribution in [2.75, 3.05) is 10.6 Å². The van der Waals surface area contributed by atoms with Crippen LogP contribution < -0.4 is 10.6 Å². The lowest BCUT2D eigenvalue weighted by Gasteiger charge is -2.09. The third-order valence-corrected chi connectivity index (χ3v) is 4.01. The molecule has 2 amide bonds. The van der Waals surface area contributed by atoms with E-state index in [9.17, 15) is 9.59 Å². The molecule has 0 aliphatic carbocycles. The Hall–Kier alpha value is -2.96. The zero-order chi connectivity index (χ0) is 18.5. The molecule has 2 aromatic heterocycles. The Kier molecular flexibility index (Phi) is 5.46. The van der Waals surface area contributed by atoms with Crippen molar-refractivity contribution in [3.8, 4) is 0 Å². The number of rotatable bonds is 4. The van der Waals surface area contributed by atoms with E-state index >= 15 is 0 Å². The summed E-state index contributed by atoms with van der Waals surface area (Å²) >= 11 is 11.9. The van der Waals surface area contributed by atoms with E-state index in [0.29, 0.717) is 16.9 Å². The summed E-state index contributed by atoms with van der Waals surface area (Å²) in [6.07, 6.45) is 4.49. The molecule has 0 fully saturated rings. The molecule has 0 aliphatic heterocycles. The fraction of sp³-hybridized carbons (Fsp3) is 0. The van der Waals surface area contributed by atoms with E-state index in [-0.39, 0.29) is 21.6 Å². The van der Waals surface area contributed by atoms with Gasteiger partial charge in [0.15, 0.2) is 0 Å². The third kappa shape index (κ3) is 4.17. The van der Waals surface area contributed by atoms with Crippen LogP contribution in [0.15, 0.2) is 61.1 Å². The summed E-state index contributed by atoms with van der Waals surface area (Å²) in [7, 11) is 0. The molecule has 0 saturated heterocycles. The van der Waals surface area contributed by atoms with Crippen LogP contribution in [0.3, 0.4) is 0 Å². The predicted octanol–water partition coefficient (Wildman–Crippen LogP) is 4.29. The van der Waals surface area contributed by atoms with Crippen molar-refractivity contribution in [1.82, 2.24) is 9.97 Å². The Morgan fingerprint density at radius 1 is 0.846 bits per heavy atom. The molecule has 26 heavy (non-hydrogen) atoms. The Bertz CT molecular complexity index is 927. The average molecular weight is 387 g/mol. The molecule has 2 N–H and O–H groups in total. The number of aromatic nitrogens is 2. The average Bonchev–Trinajstić information content (AvgIpc) is 2.64. The first-order chi connectivity index (χ1) is 12.5. The fourth-order valence-electron chi connectivity index (χ4n) is 2.15. The highest BCUT2D eigenvalue weighted by Crippen LogP contribution is 2.23. The Balaban J connectivity index is 1.68. The molecule has 3 aromatic rings. The summed E-state index contributed by atoms with van der Waals surface area (Å²) in [6, 6.07) is 11.5. The van der Waals surface area contributed by atoms with Gasteiger partial charge in [-0.15, -0.1) is 0 Å². The van der Waals surface area contributed by atoms with Gasteiger partial charge in [0.05, 0.1) is 16.1 Å². The quantitative estimate of drug-likeness (QED) is 0.655. The number of hydrogen-bond acceptors (Lipinski definition) is 4. The summed E-state index contributed by atoms with van der Waals surface area (Å²) < 4.78 is 0. The molecule has 0 saturated carbocycles. The number of hydrogen-bond donors (Lipinski definition) is 2. The number of carbonyl (C=O) groups excluding carboxylic acids is 2. The number of nitrogens with one attached hydrogen (secondary N) is 2. The van der Waals surface area contributed by atoms with Gasteiger partial charge in [-0.05, 0) is 42.5 Å². The second-order valence-electron chi connectivity index (χ2n) is 5.19. The molecule has 0 unspecified atom stereocenters. The number of nitrogens with zero attached hydrogens (tertiary/aromatic N) is 2. The van der Waals surface area contributed by atoms with Crippen LogP contribution >= 0.6 is 23.2 Å². The van der Waals surface area contributed by atoms with E-state index in [0.717, 1.165) is 0 Å². The Morgan fingerprint density at radius 3 is 2.08 bits per heavy atom. The molecule has 0 aliphatic rings. The third-order valence-electron chi connectivity index (χ3n) is 3.41. The lowest BCUT2D eigenvalue weighted by Crippen LogP contribution is -2.14. The largest absolute Gasteiger partial charge is 0.322 e. The van der Waals surface area contributed by atoms with E-state index in [2.05, 4.69) is 20.6 Å². The molecule has 6 nitrogen and oxygen atoms in total. The van der Waals surface area contributed by atoms with Crippen molar-refractivity contribution in [1.29, 1.82) is 0 Å². The summed E-state index contributed by atoms with van der Waals surface area (Å²) in [6.45, 7) is 0. The second kappa shape index (κ2) is 7.95. The van der Waals surface area contributed by atoms with Crippen molar-refractivity contribution >= 4 is 46.4 Å². The van der Waals surface area contributed by atoms with Gasteiger partial charge in [-0.25, -0.2) is 4.98 Å². The first-order valence-electron chi connectivity index (χ1n) is 7.47. The number of pyridine rings is 2. The van der Waals surface area contributed by atoms with E-state index < -0.39 is 5.91 Å². The lowest BCUT2D eigenvalue weighted by molar-refractivity contribution is 0.101. The highest BCUT2D eigenvalue weighted by molar-refractivity contribution is 6.39. The van der Waals surface area contributed by atoms with E-state index in [1.165, 1.54) is 18.5 Å². The molecule has 0 spiro atoms. The summed E-state index contributed by atoms with van der Waals surface area (Å²) in [4.78, 5) is 32.1. The number of amides is 2. The fourth-order valence-corrected chi connectivity index (χ4v) is 2.67. The summed E-state index contributed by atoms with van der Waals surface area (Å²) in [5, 5.41) is 5.66. The SMILES string of the molecule is O=C(Nc1ccc(NC(=O)c2c(Cl)ccnc2Cl)cc1)c1cccnc1. The van der Waals surface area contributed by atoms with Crippen molar-refractivity contribution in [3.05, 3.63) is 82.4 Å². The van der Waals surface area contributed by atoms with Crippen LogP contribution in [0.2, 0.25) is 10.2 Å². The summed E-state index contributed by atoms with van der Waals surface area (Å²) in [5.74, 6) is -0.746. The van der Waals surface area contributed by atoms with Crippen LogP contribution in [-0.2, 0) is 0 Å². The van der Waals surface area contributed by atoms with Crippen molar-refractivity contribution in [2.24, 2.45) is 0 Å². The van der Waals surface area contributed by atoms with Crippen molar-refractivity contribution in [3.63, 3.8) is 0 Å². The zero-order valence-corrected chi connectivity index (χ0v) is 14.8. The van der Waals surface area contributed by atoms with Gasteiger partial charge >= 0.3 is 0 Å². The Morgan fingerprint density at radius 2 is 1.50 bits per heavy atom. The molecular formula is C18H12Cl2N4O2. The van der Waals surface area contributed by atoms with Gasteiger partial charge in [-0.2, -0.15) is 0 Å². The van der Waals surface area contributed by atoms with Crippen LogP contribution in [0.25, 0.3) is 0 Å². The summed E-state index contributed by atoms with van der Waals surface area (Å²) in [5.41, 5.74) is 1.65. The highest BCUT2D eigenvalue weighted by Gasteiger charge is 2.16. The van der Waals surface area contributed by atoms with Gasteiger partial charge in [-0.1, -0.05) is 23.2 Å². The molecule has 0 bridgehead atoms. The lowest BCUT2D eigenvalue weighted by atomic mass is 10.2. The number of carbonyl (C=O) groups is 2. The van der Waals surface area contributed by atoms with Crippen LogP contribution in [0.5, 0.6) is 0 Å². The van der Waals surface area contributed by atoms with E-state index in [4.69, 9.17) is 23.2 Å². The van der Waals surface area contributed by atoms with Crippen LogP contribution in [0.1, 0.15) is 20.7 Å². The van der Waals surface area contributed by atoms with E-state index in [1.54, 1.807) is 42.6 Å². The van der Waals surface area contributed by atoms with Crippen molar-refractivity contribution in [2.45, 2.75) is 0 Å². The van der Waals surface area contributed by atoms with Crippen molar-refractivity contribution < 1.29 is 9.59 Å². The zero-order valence-electron chi connectivity index (χ0n) is 13.2. The minimum absolute atomic E-state index is 0.0235. The molecule has 1 aromatic carbocycles. The molecule has 8 heteroatoms. The predicted molar refractivity (Wildman–Crippen MR) is 101 cm³/mol. The molecule has 3 rings (SSSR count). The molecule has 0 atom stereocenters. The van der Waals surface area contributed by atoms with Gasteiger partial charge in [0.1, 0.15) is 5.15 Å². The monoisotopic (exact) mass is 386 g/mol. The minimum atomic E-state index is -0.472. The van der Waals surface area contributed by atoms with Crippen LogP contribution in [0.4, 0.5) is 11.4 Å². The van der Waals surface area contributed by atoms with Gasteiger partial charge in [-0.3, -0.25) is 14.6 Å². The Labute approximate surface area is 159 Å². The maximum absolute atomic E-state index is 12.3. The highest BCUT2D eigenvalue weighted by atomic mass is 35.5. The molecule has 2 heterocycles. The van der Waals surface area contributed by atoms with Crippen LogP contribution in [-0.4, -0.2) is 21.8 Å². The maximum Gasteiger partial charge on any atom is 0.260 e. The number of benzene rings is 1. The first kappa shape index (κ1) is 17.8. The van der Waals surface area contributed by atoms with Gasteiger partial charge in [0.2, 0.25) is 0 Å². The maximum atomic E-state index is 12.3. The van der Waals surface area contributed by atoms with Crippen LogP contribution in [0, 0.1) is 0 Å².